The van der Waals surface area contributed by atoms with E-state index in [2.05, 4.69) is 80.1 Å². The van der Waals surface area contributed by atoms with Crippen molar-refractivity contribution in [3.8, 4) is 0 Å². The summed E-state index contributed by atoms with van der Waals surface area (Å²) in [6.45, 7) is 15.6. The Bertz CT molecular complexity index is 1360. The van der Waals surface area contributed by atoms with Crippen LogP contribution in [0.2, 0.25) is 13.1 Å². The van der Waals surface area contributed by atoms with Crippen LogP contribution in [0.25, 0.3) is 0 Å². The summed E-state index contributed by atoms with van der Waals surface area (Å²) in [4.78, 5) is 18.2. The van der Waals surface area contributed by atoms with Gasteiger partial charge in [0.1, 0.15) is 0 Å². The molecule has 3 aliphatic rings. The summed E-state index contributed by atoms with van der Waals surface area (Å²) in [6, 6.07) is 19.7. The second kappa shape index (κ2) is 7.72. The molecule has 0 aromatic heterocycles. The molecule has 6 rings (SSSR count). The molecule has 0 fully saturated rings. The van der Waals surface area contributed by atoms with Crippen molar-refractivity contribution >= 4 is 35.8 Å². The first-order chi connectivity index (χ1) is 16.9. The molecule has 0 amide bonds. The van der Waals surface area contributed by atoms with Gasteiger partial charge in [-0.15, -0.1) is 0 Å². The third kappa shape index (κ3) is 2.88. The smallest absolute Gasteiger partial charge is 0.340 e. The minimum Gasteiger partial charge on any atom is -0.441 e. The first-order valence-electron chi connectivity index (χ1n) is 13.0. The Morgan fingerprint density at radius 2 is 1.69 bits per heavy atom. The Balaban J connectivity index is 1.70. The number of rotatable bonds is 4. The Morgan fingerprint density at radius 3 is 2.43 bits per heavy atom. The average molecular weight is 483 g/mol. The Hall–Kier alpha value is -3.05. The van der Waals surface area contributed by atoms with Crippen molar-refractivity contribution in [2.45, 2.75) is 45.9 Å². The molecular weight excluding hydrogens is 448 g/mol. The molecule has 1 atom stereocenters. The van der Waals surface area contributed by atoms with Crippen LogP contribution in [0.15, 0.2) is 54.6 Å². The average Bonchev–Trinajstić information content (AvgIpc) is 3.42. The minimum atomic E-state index is -2.10. The summed E-state index contributed by atoms with van der Waals surface area (Å²) < 4.78 is 6.53. The summed E-state index contributed by atoms with van der Waals surface area (Å²) in [7, 11) is -2.10. The molecule has 0 radical (unpaired) electrons. The number of hydrogen-bond acceptors (Lipinski definition) is 4. The van der Waals surface area contributed by atoms with Gasteiger partial charge in [0.25, 0.3) is 0 Å². The van der Waals surface area contributed by atoms with Crippen molar-refractivity contribution in [3.63, 3.8) is 0 Å². The standard InChI is InChI=1S/C30H34N2O2Si/c1-6-31(7-2)21-13-14-24-27(18-21)35(4,5)28-19-26-20(15-16-32(26)8-3)17-25(28)30(24)23-12-10-9-11-22(23)29(33)34-30/h9-14,17-19H,6-8,15-16H2,1-5H3/q-1. The van der Waals surface area contributed by atoms with Gasteiger partial charge in [0, 0.05) is 43.1 Å². The summed E-state index contributed by atoms with van der Waals surface area (Å²) >= 11 is 0. The van der Waals surface area contributed by atoms with Crippen molar-refractivity contribution in [1.29, 1.82) is 0 Å². The zero-order valence-electron chi connectivity index (χ0n) is 21.4. The van der Waals surface area contributed by atoms with E-state index in [1.165, 1.54) is 32.9 Å². The summed E-state index contributed by atoms with van der Waals surface area (Å²) in [5, 5.41) is 2.77. The second-order valence-corrected chi connectivity index (χ2v) is 14.8. The third-order valence-corrected chi connectivity index (χ3v) is 12.1. The molecule has 5 heteroatoms. The molecule has 1 unspecified atom stereocenters. The van der Waals surface area contributed by atoms with Crippen LogP contribution in [-0.4, -0.2) is 40.2 Å². The lowest BCUT2D eigenvalue weighted by atomic mass is 9.78. The van der Waals surface area contributed by atoms with Gasteiger partial charge in [-0.2, -0.15) is 23.5 Å². The fraction of sp³-hybridized carbons (Fsp3) is 0.367. The molecule has 3 heterocycles. The number of likely N-dealkylation sites (N-methyl/N-ethyl adjacent to an activating group) is 1. The molecule has 0 saturated heterocycles. The highest BCUT2D eigenvalue weighted by Crippen LogP contribution is 2.50. The predicted octanol–water partition coefficient (Wildman–Crippen LogP) is 4.51. The number of carbonyl (C=O) groups excluding carboxylic acids is 1. The number of ether oxygens (including phenoxy) is 1. The molecule has 1 spiro atoms. The van der Waals surface area contributed by atoms with E-state index in [1.807, 2.05) is 18.2 Å². The van der Waals surface area contributed by atoms with Crippen molar-refractivity contribution in [1.82, 2.24) is 0 Å². The number of fused-ring (bicyclic) bond motifs is 7. The lowest BCUT2D eigenvalue weighted by molar-refractivity contribution is 0.0255. The van der Waals surface area contributed by atoms with Crippen molar-refractivity contribution in [3.05, 3.63) is 82.4 Å². The largest absolute Gasteiger partial charge is 0.441 e. The number of hydrogen-bond donors (Lipinski definition) is 0. The molecular formula is C30H34N2O2Si-. The minimum absolute atomic E-state index is 0.220. The molecule has 0 aliphatic carbocycles. The Morgan fingerprint density at radius 1 is 0.943 bits per heavy atom. The van der Waals surface area contributed by atoms with Crippen molar-refractivity contribution in [2.75, 3.05) is 36.0 Å². The maximum atomic E-state index is 13.3. The molecule has 3 aromatic rings. The number of carbonyl (C=O) groups is 1. The molecule has 0 bridgehead atoms. The van der Waals surface area contributed by atoms with Crippen molar-refractivity contribution < 1.29 is 9.53 Å². The number of esters is 1. The lowest BCUT2D eigenvalue weighted by Gasteiger charge is -2.51. The van der Waals surface area contributed by atoms with E-state index in [0.29, 0.717) is 5.56 Å². The topological polar surface area (TPSA) is 32.8 Å². The Labute approximate surface area is 209 Å². The van der Waals surface area contributed by atoms with Crippen LogP contribution in [0.1, 0.15) is 53.4 Å². The van der Waals surface area contributed by atoms with Gasteiger partial charge in [0.15, 0.2) is 5.60 Å². The predicted molar refractivity (Wildman–Crippen MR) is 147 cm³/mol. The van der Waals surface area contributed by atoms with Gasteiger partial charge in [-0.3, -0.25) is 0 Å². The van der Waals surface area contributed by atoms with E-state index in [1.54, 1.807) is 0 Å². The van der Waals surface area contributed by atoms with Gasteiger partial charge >= 0.3 is 5.97 Å². The van der Waals surface area contributed by atoms with Gasteiger partial charge in [-0.1, -0.05) is 50.5 Å². The monoisotopic (exact) mass is 482 g/mol. The summed E-state index contributed by atoms with van der Waals surface area (Å²) in [5.41, 5.74) is 7.13. The van der Waals surface area contributed by atoms with Crippen LogP contribution >= 0.6 is 0 Å². The van der Waals surface area contributed by atoms with Gasteiger partial charge in [-0.25, -0.2) is 4.79 Å². The molecule has 181 valence electrons. The highest BCUT2D eigenvalue weighted by atomic mass is 28.3. The zero-order valence-corrected chi connectivity index (χ0v) is 22.4. The maximum Gasteiger partial charge on any atom is 0.340 e. The van der Waals surface area contributed by atoms with E-state index < -0.39 is 13.7 Å². The van der Waals surface area contributed by atoms with Crippen LogP contribution in [-0.2, 0) is 16.8 Å². The summed E-state index contributed by atoms with van der Waals surface area (Å²) in [5.74, 6) is -0.220. The third-order valence-electron chi connectivity index (χ3n) is 8.60. The van der Waals surface area contributed by atoms with Crippen LogP contribution in [0, 0.1) is 0 Å². The fourth-order valence-electron chi connectivity index (χ4n) is 6.69. The van der Waals surface area contributed by atoms with Crippen LogP contribution in [0.5, 0.6) is 0 Å². The van der Waals surface area contributed by atoms with Crippen LogP contribution < -0.4 is 20.2 Å². The first-order valence-corrected chi connectivity index (χ1v) is 16.0. The first kappa shape index (κ1) is 22.4. The van der Waals surface area contributed by atoms with E-state index in [9.17, 15) is 4.79 Å². The van der Waals surface area contributed by atoms with Gasteiger partial charge < -0.3 is 14.5 Å². The zero-order chi connectivity index (χ0) is 24.5. The Kier molecular flexibility index (Phi) is 4.95. The molecule has 3 aliphatic heterocycles. The molecule has 35 heavy (non-hydrogen) atoms. The van der Waals surface area contributed by atoms with Gasteiger partial charge in [-0.05, 0) is 56.0 Å². The second-order valence-electron chi connectivity index (χ2n) is 10.5. The highest BCUT2D eigenvalue weighted by molar-refractivity contribution is 7.01. The van der Waals surface area contributed by atoms with Crippen LogP contribution in [0.4, 0.5) is 11.4 Å². The fourth-order valence-corrected chi connectivity index (χ4v) is 9.84. The quantitative estimate of drug-likeness (QED) is 0.405. The van der Waals surface area contributed by atoms with Gasteiger partial charge in [0.05, 0.1) is 5.56 Å². The molecule has 3 aromatic carbocycles. The molecule has 0 saturated carbocycles. The number of benzene rings is 3. The maximum absolute atomic E-state index is 13.3. The van der Waals surface area contributed by atoms with Crippen LogP contribution in [0.3, 0.4) is 0 Å². The van der Waals surface area contributed by atoms with Crippen molar-refractivity contribution in [2.24, 2.45) is 0 Å². The normalized spacial score (nSPS) is 20.8. The highest BCUT2D eigenvalue weighted by Gasteiger charge is 2.53. The molecule has 0 N–H and O–H groups in total. The van der Waals surface area contributed by atoms with E-state index >= 15 is 0 Å². The molecule has 4 nitrogen and oxygen atoms in total. The number of nitrogens with zero attached hydrogens (tertiary/aromatic N) is 2. The lowest BCUT2D eigenvalue weighted by Crippen LogP contribution is -2.63. The summed E-state index contributed by atoms with van der Waals surface area (Å²) in [6.07, 6.45) is 1.04. The SMILES string of the molecule is CCN(CC)c1ccc2c(c1)[Si-](C)(C)c1cc3c(cc1C21OC(=O)c2ccccc21)CCN3CC. The number of anilines is 2. The van der Waals surface area contributed by atoms with E-state index in [4.69, 9.17) is 4.74 Å². The van der Waals surface area contributed by atoms with Gasteiger partial charge in [0.2, 0.25) is 0 Å². The van der Waals surface area contributed by atoms with E-state index in [-0.39, 0.29) is 5.97 Å². The van der Waals surface area contributed by atoms with E-state index in [0.717, 1.165) is 43.7 Å².